The molecule has 3 fully saturated rings. The molecule has 0 aromatic carbocycles. The maximum Gasteiger partial charge on any atom is 0.386 e. The highest BCUT2D eigenvalue weighted by molar-refractivity contribution is 8.44. The van der Waals surface area contributed by atoms with Crippen molar-refractivity contribution in [3.63, 3.8) is 0 Å². The van der Waals surface area contributed by atoms with Gasteiger partial charge in [0.25, 0.3) is 11.1 Å². The van der Waals surface area contributed by atoms with E-state index in [0.717, 1.165) is 0 Å². The molecule has 0 amide bonds. The first-order valence-electron chi connectivity index (χ1n) is 13.3. The second kappa shape index (κ2) is 11.3. The number of aromatic nitrogens is 6. The topological polar surface area (TPSA) is 283 Å². The van der Waals surface area contributed by atoms with Crippen LogP contribution < -0.4 is 22.6 Å². The van der Waals surface area contributed by atoms with Crippen LogP contribution in [0.25, 0.3) is 11.2 Å². The number of hydrogen-bond acceptors (Lipinski definition) is 17. The maximum atomic E-state index is 13.4. The number of nitrogens with two attached hydrogens (primary N) is 2. The average molecular weight is 706 g/mol. The molecule has 3 aromatic heterocycles. The molecule has 45 heavy (non-hydrogen) atoms. The zero-order valence-electron chi connectivity index (χ0n) is 22.6. The zero-order valence-corrected chi connectivity index (χ0v) is 26.2. The zero-order chi connectivity index (χ0) is 31.8. The molecule has 4 aliphatic rings. The van der Waals surface area contributed by atoms with Crippen molar-refractivity contribution in [3.05, 3.63) is 32.7 Å². The monoisotopic (exact) mass is 705 g/mol. The van der Waals surface area contributed by atoms with E-state index < -0.39 is 86.7 Å². The fourth-order valence-corrected chi connectivity index (χ4v) is 8.67. The predicted molar refractivity (Wildman–Crippen MR) is 161 cm³/mol. The van der Waals surface area contributed by atoms with Crippen molar-refractivity contribution in [2.75, 3.05) is 24.7 Å². The Bertz CT molecular complexity index is 1920. The molecule has 7 heterocycles. The summed E-state index contributed by atoms with van der Waals surface area (Å²) in [7, 11) is 0. The van der Waals surface area contributed by atoms with Gasteiger partial charge in [-0.15, -0.1) is 0 Å². The quantitative estimate of drug-likeness (QED) is 0.138. The van der Waals surface area contributed by atoms with E-state index >= 15 is 0 Å². The standard InChI is InChI=1S/C21H25N9O11P2S2/c22-20-26-11-6(2-24-12(11)18(32)28-20)15-14(31)16-9(39-15)4-37-42(34,44)40-7-1-10(38-8(7)3-36-43(35,45)41-16)30-5-25-13-17(30)27-21(23)29-19(13)33/h2,5-10,14-16,31H,1,3-4H2,(H,34,44)(H,35,45)(H3,22,26,28,32)(H3,23,27,29,33)/t6?,7-,8+,9+,10+,14-,15-,16+,42?,43?/m0/s1. The van der Waals surface area contributed by atoms with E-state index in [1.54, 1.807) is 0 Å². The number of fused-ring (bicyclic) bond motifs is 4. The summed E-state index contributed by atoms with van der Waals surface area (Å²) < 4.78 is 62.8. The summed E-state index contributed by atoms with van der Waals surface area (Å²) in [5, 5.41) is 11.3. The van der Waals surface area contributed by atoms with Crippen molar-refractivity contribution in [2.24, 2.45) is 4.99 Å². The van der Waals surface area contributed by atoms with Gasteiger partial charge < -0.3 is 26.0 Å². The van der Waals surface area contributed by atoms with Crippen LogP contribution in [-0.4, -0.2) is 90.6 Å². The highest BCUT2D eigenvalue weighted by Crippen LogP contribution is 2.60. The number of nitrogen functional groups attached to an aromatic ring is 2. The van der Waals surface area contributed by atoms with Crippen LogP contribution in [0.4, 0.5) is 17.6 Å². The Labute approximate surface area is 261 Å². The number of imidazole rings is 1. The fourth-order valence-electron chi connectivity index (χ4n) is 5.66. The SMILES string of the molecule is Nc1nc2c(c(=O)[nH]1)N=CC2[C@@H]1O[C@@H]2COP(=O)(S)O[C@H]3C[C@H](n4cnc5c(=O)[nH]c(N)nc54)O[C@@H]3COP(=O)(S)O[C@H]2[C@H]1O. The normalized spacial score (nSPS) is 38.4. The van der Waals surface area contributed by atoms with E-state index in [4.69, 9.17) is 39.0 Å². The molecule has 24 heteroatoms. The number of aromatic amines is 2. The molecular formula is C21H25N9O11P2S2. The molecule has 7 rings (SSSR count). The van der Waals surface area contributed by atoms with Gasteiger partial charge in [0.15, 0.2) is 16.9 Å². The van der Waals surface area contributed by atoms with Crippen molar-refractivity contribution in [2.45, 2.75) is 55.2 Å². The molecule has 20 nitrogen and oxygen atoms in total. The molecule has 242 valence electrons. The first-order valence-corrected chi connectivity index (χ1v) is 18.6. The Kier molecular flexibility index (Phi) is 7.76. The number of aliphatic imine (C=N–C) groups is 1. The fraction of sp³-hybridized carbons (Fsp3) is 0.524. The Morgan fingerprint density at radius 3 is 2.40 bits per heavy atom. The summed E-state index contributed by atoms with van der Waals surface area (Å²) in [6.07, 6.45) is -5.40. The van der Waals surface area contributed by atoms with Crippen molar-refractivity contribution in [1.82, 2.24) is 29.5 Å². The van der Waals surface area contributed by atoms with Gasteiger partial charge in [-0.1, -0.05) is 24.5 Å². The number of H-pyrrole nitrogens is 2. The van der Waals surface area contributed by atoms with Crippen molar-refractivity contribution in [3.8, 4) is 0 Å². The van der Waals surface area contributed by atoms with Gasteiger partial charge in [0.1, 0.15) is 42.9 Å². The highest BCUT2D eigenvalue weighted by atomic mass is 32.7. The summed E-state index contributed by atoms with van der Waals surface area (Å²) in [5.74, 6) is -1.16. The van der Waals surface area contributed by atoms with Crippen LogP contribution in [-0.2, 0) is 36.7 Å². The molecule has 0 spiro atoms. The van der Waals surface area contributed by atoms with Gasteiger partial charge in [-0.2, -0.15) is 4.98 Å². The third-order valence-electron chi connectivity index (χ3n) is 7.61. The Balaban J connectivity index is 1.14. The molecule has 0 saturated carbocycles. The smallest absolute Gasteiger partial charge is 0.386 e. The maximum absolute atomic E-state index is 13.4. The second-order valence-electron chi connectivity index (χ2n) is 10.5. The summed E-state index contributed by atoms with van der Waals surface area (Å²) in [6.45, 7) is -9.34. The van der Waals surface area contributed by atoms with Crippen LogP contribution in [0.1, 0.15) is 24.3 Å². The number of anilines is 2. The molecule has 0 aliphatic carbocycles. The summed E-state index contributed by atoms with van der Waals surface area (Å²) in [6, 6.07) is 0. The van der Waals surface area contributed by atoms with Crippen LogP contribution in [0.5, 0.6) is 0 Å². The van der Waals surface area contributed by atoms with E-state index in [1.165, 1.54) is 17.1 Å². The molecule has 4 aliphatic heterocycles. The Morgan fingerprint density at radius 2 is 1.62 bits per heavy atom. The van der Waals surface area contributed by atoms with Gasteiger partial charge in [-0.25, -0.2) is 19.1 Å². The minimum Gasteiger partial charge on any atom is -0.388 e. The number of nitrogens with zero attached hydrogens (tertiary/aromatic N) is 5. The molecule has 0 radical (unpaired) electrons. The summed E-state index contributed by atoms with van der Waals surface area (Å²) in [5.41, 5.74) is 10.5. The third kappa shape index (κ3) is 5.78. The number of aliphatic hydroxyl groups excluding tert-OH is 1. The van der Waals surface area contributed by atoms with E-state index in [-0.39, 0.29) is 40.9 Å². The van der Waals surface area contributed by atoms with Gasteiger partial charge in [-0.05, 0) is 0 Å². The predicted octanol–water partition coefficient (Wildman–Crippen LogP) is 0.176. The largest absolute Gasteiger partial charge is 0.388 e. The second-order valence-corrected chi connectivity index (χ2v) is 16.3. The summed E-state index contributed by atoms with van der Waals surface area (Å²) >= 11 is 8.21. The number of thiol groups is 2. The van der Waals surface area contributed by atoms with Crippen molar-refractivity contribution >= 4 is 73.1 Å². The lowest BCUT2D eigenvalue weighted by molar-refractivity contribution is -0.0481. The lowest BCUT2D eigenvalue weighted by Gasteiger charge is -2.28. The van der Waals surface area contributed by atoms with Crippen LogP contribution in [0.2, 0.25) is 0 Å². The number of nitrogens with one attached hydrogen (secondary N) is 2. The lowest BCUT2D eigenvalue weighted by Crippen LogP contribution is -2.38. The number of rotatable bonds is 2. The molecule has 3 unspecified atom stereocenters. The van der Waals surface area contributed by atoms with Gasteiger partial charge in [-0.3, -0.25) is 47.2 Å². The van der Waals surface area contributed by atoms with Crippen LogP contribution >= 0.6 is 38.1 Å². The van der Waals surface area contributed by atoms with E-state index in [9.17, 15) is 23.8 Å². The average Bonchev–Trinajstić information content (AvgIpc) is 3.71. The summed E-state index contributed by atoms with van der Waals surface area (Å²) in [4.78, 5) is 45.6. The number of aliphatic hydroxyl groups is 1. The van der Waals surface area contributed by atoms with Crippen LogP contribution in [0, 0.1) is 0 Å². The van der Waals surface area contributed by atoms with Crippen LogP contribution in [0.3, 0.4) is 0 Å². The van der Waals surface area contributed by atoms with Gasteiger partial charge in [0.2, 0.25) is 11.9 Å². The van der Waals surface area contributed by atoms with E-state index in [2.05, 4.69) is 54.4 Å². The van der Waals surface area contributed by atoms with Crippen molar-refractivity contribution < 1.29 is 41.8 Å². The van der Waals surface area contributed by atoms with Crippen molar-refractivity contribution in [1.29, 1.82) is 0 Å². The molecule has 10 atom stereocenters. The van der Waals surface area contributed by atoms with Crippen LogP contribution in [0.15, 0.2) is 20.9 Å². The first-order chi connectivity index (χ1) is 21.3. The highest BCUT2D eigenvalue weighted by Gasteiger charge is 2.53. The molecular weight excluding hydrogens is 680 g/mol. The van der Waals surface area contributed by atoms with Gasteiger partial charge >= 0.3 is 13.6 Å². The Hall–Kier alpha value is -2.62. The molecule has 0 bridgehead atoms. The molecule has 7 N–H and O–H groups in total. The van der Waals surface area contributed by atoms with Gasteiger partial charge in [0.05, 0.1) is 31.2 Å². The first kappa shape index (κ1) is 31.0. The third-order valence-corrected chi connectivity index (χ3v) is 10.9. The minimum atomic E-state index is -4.24. The minimum absolute atomic E-state index is 0.00846. The molecule has 3 saturated heterocycles. The van der Waals surface area contributed by atoms with Gasteiger partial charge in [0, 0.05) is 12.6 Å². The Morgan fingerprint density at radius 1 is 0.933 bits per heavy atom. The number of hydrogen-bond donors (Lipinski definition) is 7. The lowest BCUT2D eigenvalue weighted by atomic mass is 9.95. The number of ether oxygens (including phenoxy) is 2. The molecule has 3 aromatic rings. The van der Waals surface area contributed by atoms with E-state index in [0.29, 0.717) is 0 Å². The van der Waals surface area contributed by atoms with E-state index in [1.807, 2.05) is 0 Å².